The molecule has 5 heteroatoms. The first kappa shape index (κ1) is 13.8. The Bertz CT molecular complexity index is 413. The second kappa shape index (κ2) is 6.54. The topological polar surface area (TPSA) is 84.6 Å². The number of aromatic hydroxyl groups is 1. The molecular weight excluding hydrogens is 244 g/mol. The Morgan fingerprint density at radius 3 is 2.84 bits per heavy atom. The van der Waals surface area contributed by atoms with Gasteiger partial charge in [0.15, 0.2) is 0 Å². The van der Waals surface area contributed by atoms with E-state index in [-0.39, 0.29) is 11.7 Å². The highest BCUT2D eigenvalue weighted by molar-refractivity contribution is 5.81. The van der Waals surface area contributed by atoms with Crippen molar-refractivity contribution in [3.63, 3.8) is 0 Å². The highest BCUT2D eigenvalue weighted by Crippen LogP contribution is 2.12. The molecule has 104 valence electrons. The Hall–Kier alpha value is -1.59. The predicted molar refractivity (Wildman–Crippen MR) is 71.7 cm³/mol. The Morgan fingerprint density at radius 2 is 2.21 bits per heavy atom. The quantitative estimate of drug-likeness (QED) is 0.719. The van der Waals surface area contributed by atoms with Crippen molar-refractivity contribution in [2.45, 2.75) is 18.9 Å². The minimum atomic E-state index is -0.563. The summed E-state index contributed by atoms with van der Waals surface area (Å²) in [6, 6.07) is 6.17. The summed E-state index contributed by atoms with van der Waals surface area (Å²) in [6.45, 7) is 2.12. The molecule has 0 spiro atoms. The van der Waals surface area contributed by atoms with E-state index in [1.165, 1.54) is 0 Å². The fraction of sp³-hybridized carbons (Fsp3) is 0.500. The number of amides is 1. The monoisotopic (exact) mass is 264 g/mol. The highest BCUT2D eigenvalue weighted by Gasteiger charge is 2.19. The zero-order valence-corrected chi connectivity index (χ0v) is 10.8. The van der Waals surface area contributed by atoms with Gasteiger partial charge in [-0.2, -0.15) is 0 Å². The van der Waals surface area contributed by atoms with Gasteiger partial charge in [0.05, 0.1) is 12.6 Å². The lowest BCUT2D eigenvalue weighted by Gasteiger charge is -2.14. The lowest BCUT2D eigenvalue weighted by Crippen LogP contribution is -2.43. The predicted octanol–water partition coefficient (Wildman–Crippen LogP) is 0.415. The van der Waals surface area contributed by atoms with Gasteiger partial charge >= 0.3 is 0 Å². The molecule has 1 aliphatic heterocycles. The summed E-state index contributed by atoms with van der Waals surface area (Å²) in [5.74, 6) is 0.479. The van der Waals surface area contributed by atoms with Gasteiger partial charge in [-0.3, -0.25) is 4.79 Å². The van der Waals surface area contributed by atoms with Crippen LogP contribution in [0, 0.1) is 5.92 Å². The minimum Gasteiger partial charge on any atom is -0.508 e. The van der Waals surface area contributed by atoms with Gasteiger partial charge in [-0.1, -0.05) is 12.1 Å². The van der Waals surface area contributed by atoms with Gasteiger partial charge in [0.2, 0.25) is 5.91 Å². The third kappa shape index (κ3) is 4.22. The third-order valence-corrected chi connectivity index (χ3v) is 3.32. The number of phenolic OH excluding ortho intramolecular Hbond substituents is 1. The van der Waals surface area contributed by atoms with Crippen LogP contribution in [0.5, 0.6) is 5.75 Å². The molecule has 0 radical (unpaired) electrons. The number of carbonyl (C=O) groups excluding carboxylic acids is 1. The number of hydrogen-bond acceptors (Lipinski definition) is 4. The maximum atomic E-state index is 11.8. The van der Waals surface area contributed by atoms with Gasteiger partial charge < -0.3 is 20.9 Å². The average molecular weight is 264 g/mol. The Balaban J connectivity index is 1.76. The zero-order valence-electron chi connectivity index (χ0n) is 10.8. The van der Waals surface area contributed by atoms with Crippen LogP contribution in [0.4, 0.5) is 0 Å². The zero-order chi connectivity index (χ0) is 13.7. The van der Waals surface area contributed by atoms with Gasteiger partial charge in [-0.15, -0.1) is 0 Å². The summed E-state index contributed by atoms with van der Waals surface area (Å²) in [7, 11) is 0. The molecule has 2 unspecified atom stereocenters. The molecule has 5 nitrogen and oxygen atoms in total. The van der Waals surface area contributed by atoms with Crippen molar-refractivity contribution in [2.24, 2.45) is 11.7 Å². The lowest BCUT2D eigenvalue weighted by molar-refractivity contribution is -0.122. The van der Waals surface area contributed by atoms with Crippen molar-refractivity contribution in [3.8, 4) is 5.75 Å². The molecule has 4 N–H and O–H groups in total. The molecule has 0 saturated carbocycles. The minimum absolute atomic E-state index is 0.139. The van der Waals surface area contributed by atoms with Gasteiger partial charge in [0.1, 0.15) is 5.75 Å². The van der Waals surface area contributed by atoms with Crippen LogP contribution >= 0.6 is 0 Å². The molecule has 1 aromatic rings. The fourth-order valence-electron chi connectivity index (χ4n) is 2.10. The number of nitrogens with one attached hydrogen (secondary N) is 1. The molecule has 1 aliphatic rings. The molecule has 1 amide bonds. The summed E-state index contributed by atoms with van der Waals surface area (Å²) in [5, 5.41) is 12.0. The van der Waals surface area contributed by atoms with E-state index < -0.39 is 6.04 Å². The van der Waals surface area contributed by atoms with E-state index in [1.807, 2.05) is 0 Å². The molecular formula is C14H20N2O3. The smallest absolute Gasteiger partial charge is 0.237 e. The van der Waals surface area contributed by atoms with Crippen molar-refractivity contribution < 1.29 is 14.6 Å². The average Bonchev–Trinajstić information content (AvgIpc) is 2.91. The number of rotatable bonds is 5. The van der Waals surface area contributed by atoms with Crippen LogP contribution in [-0.2, 0) is 16.0 Å². The summed E-state index contributed by atoms with van der Waals surface area (Å²) in [4.78, 5) is 11.8. The van der Waals surface area contributed by atoms with Gasteiger partial charge in [-0.05, 0) is 30.5 Å². The number of carbonyl (C=O) groups is 1. The molecule has 1 fully saturated rings. The van der Waals surface area contributed by atoms with Crippen LogP contribution in [0.15, 0.2) is 24.3 Å². The molecule has 1 heterocycles. The maximum Gasteiger partial charge on any atom is 0.237 e. The SMILES string of the molecule is NC(Cc1ccc(O)cc1)C(=O)NCC1CCOC1. The first-order chi connectivity index (χ1) is 9.15. The normalized spacial score (nSPS) is 20.2. The van der Waals surface area contributed by atoms with E-state index >= 15 is 0 Å². The third-order valence-electron chi connectivity index (χ3n) is 3.32. The van der Waals surface area contributed by atoms with Gasteiger partial charge in [0.25, 0.3) is 0 Å². The second-order valence-electron chi connectivity index (χ2n) is 4.95. The highest BCUT2D eigenvalue weighted by atomic mass is 16.5. The van der Waals surface area contributed by atoms with Crippen molar-refractivity contribution >= 4 is 5.91 Å². The van der Waals surface area contributed by atoms with Crippen molar-refractivity contribution in [3.05, 3.63) is 29.8 Å². The Labute approximate surface area is 112 Å². The summed E-state index contributed by atoms with van der Waals surface area (Å²) in [6.07, 6.45) is 1.46. The van der Waals surface area contributed by atoms with Crippen molar-refractivity contribution in [2.75, 3.05) is 19.8 Å². The van der Waals surface area contributed by atoms with Crippen LogP contribution in [0.25, 0.3) is 0 Å². The van der Waals surface area contributed by atoms with Crippen molar-refractivity contribution in [1.29, 1.82) is 0 Å². The van der Waals surface area contributed by atoms with Crippen LogP contribution in [0.2, 0.25) is 0 Å². The van der Waals surface area contributed by atoms with E-state index in [1.54, 1.807) is 24.3 Å². The Morgan fingerprint density at radius 1 is 1.47 bits per heavy atom. The summed E-state index contributed by atoms with van der Waals surface area (Å²) >= 11 is 0. The molecule has 0 bridgehead atoms. The standard InChI is InChI=1S/C14H20N2O3/c15-13(7-10-1-3-12(17)4-2-10)14(18)16-8-11-5-6-19-9-11/h1-4,11,13,17H,5-9,15H2,(H,16,18). The van der Waals surface area contributed by atoms with Gasteiger partial charge in [0, 0.05) is 19.1 Å². The summed E-state index contributed by atoms with van der Waals surface area (Å²) in [5.41, 5.74) is 6.80. The second-order valence-corrected chi connectivity index (χ2v) is 4.95. The largest absolute Gasteiger partial charge is 0.508 e. The summed E-state index contributed by atoms with van der Waals surface area (Å²) < 4.78 is 5.25. The molecule has 0 aliphatic carbocycles. The molecule has 2 rings (SSSR count). The Kier molecular flexibility index (Phi) is 4.76. The van der Waals surface area contributed by atoms with E-state index in [0.29, 0.717) is 25.5 Å². The number of nitrogens with two attached hydrogens (primary N) is 1. The van der Waals surface area contributed by atoms with Crippen LogP contribution < -0.4 is 11.1 Å². The fourth-order valence-corrected chi connectivity index (χ4v) is 2.10. The van der Waals surface area contributed by atoms with E-state index in [0.717, 1.165) is 18.6 Å². The number of ether oxygens (including phenoxy) is 1. The molecule has 19 heavy (non-hydrogen) atoms. The molecule has 1 saturated heterocycles. The first-order valence-corrected chi connectivity index (χ1v) is 6.54. The molecule has 2 atom stereocenters. The van der Waals surface area contributed by atoms with E-state index in [4.69, 9.17) is 10.5 Å². The van der Waals surface area contributed by atoms with Crippen LogP contribution in [0.3, 0.4) is 0 Å². The lowest BCUT2D eigenvalue weighted by atomic mass is 10.1. The molecule has 0 aromatic heterocycles. The first-order valence-electron chi connectivity index (χ1n) is 6.54. The maximum absolute atomic E-state index is 11.8. The number of hydrogen-bond donors (Lipinski definition) is 3. The number of benzene rings is 1. The number of phenols is 1. The molecule has 1 aromatic carbocycles. The van der Waals surface area contributed by atoms with Crippen LogP contribution in [0.1, 0.15) is 12.0 Å². The van der Waals surface area contributed by atoms with Crippen molar-refractivity contribution in [1.82, 2.24) is 5.32 Å². The van der Waals surface area contributed by atoms with Gasteiger partial charge in [-0.25, -0.2) is 0 Å². The van der Waals surface area contributed by atoms with E-state index in [9.17, 15) is 9.90 Å². The van der Waals surface area contributed by atoms with E-state index in [2.05, 4.69) is 5.32 Å². The van der Waals surface area contributed by atoms with Crippen LogP contribution in [-0.4, -0.2) is 36.8 Å².